The summed E-state index contributed by atoms with van der Waals surface area (Å²) in [4.78, 5) is 53.2. The summed E-state index contributed by atoms with van der Waals surface area (Å²) < 4.78 is 1.88. The number of rotatable bonds is 8. The second kappa shape index (κ2) is 13.0. The van der Waals surface area contributed by atoms with Crippen molar-refractivity contribution < 1.29 is 9.72 Å². The molecule has 6 rings (SSSR count). The number of nitrogens with one attached hydrogen (secondary N) is 1. The summed E-state index contributed by atoms with van der Waals surface area (Å²) in [6.45, 7) is 5.97. The van der Waals surface area contributed by atoms with Crippen molar-refractivity contribution in [2.45, 2.75) is 42.8 Å². The molecule has 230 valence electrons. The van der Waals surface area contributed by atoms with Crippen molar-refractivity contribution in [3.63, 3.8) is 0 Å². The molecule has 0 unspecified atom stereocenters. The molecule has 3 aromatic carbocycles. The van der Waals surface area contributed by atoms with E-state index in [1.54, 1.807) is 60.3 Å². The van der Waals surface area contributed by atoms with Crippen LogP contribution >= 0.6 is 23.1 Å². The summed E-state index contributed by atoms with van der Waals surface area (Å²) in [5.74, 6) is -0.0472. The van der Waals surface area contributed by atoms with Gasteiger partial charge < -0.3 is 5.32 Å². The van der Waals surface area contributed by atoms with Gasteiger partial charge >= 0.3 is 0 Å². The van der Waals surface area contributed by atoms with E-state index >= 15 is 0 Å². The zero-order chi connectivity index (χ0) is 32.4. The van der Waals surface area contributed by atoms with E-state index in [4.69, 9.17) is 4.99 Å². The van der Waals surface area contributed by atoms with Gasteiger partial charge in [0.1, 0.15) is 0 Å². The summed E-state index contributed by atoms with van der Waals surface area (Å²) in [7, 11) is 0. The first-order valence-electron chi connectivity index (χ1n) is 14.4. The van der Waals surface area contributed by atoms with Gasteiger partial charge in [0, 0.05) is 24.1 Å². The fourth-order valence-electron chi connectivity index (χ4n) is 5.15. The summed E-state index contributed by atoms with van der Waals surface area (Å²) in [6, 6.07) is 22.7. The summed E-state index contributed by atoms with van der Waals surface area (Å²) >= 11 is 2.26. The third-order valence-electron chi connectivity index (χ3n) is 7.44. The highest BCUT2D eigenvalue weighted by atomic mass is 32.2. The fourth-order valence-corrected chi connectivity index (χ4v) is 7.00. The summed E-state index contributed by atoms with van der Waals surface area (Å²) in [6.07, 6.45) is 4.76. The molecular weight excluding hydrogens is 621 g/mol. The number of allylic oxidation sites excluding steroid dienone is 1. The van der Waals surface area contributed by atoms with Crippen LogP contribution in [-0.2, 0) is 4.79 Å². The highest BCUT2D eigenvalue weighted by molar-refractivity contribution is 7.99. The highest BCUT2D eigenvalue weighted by Gasteiger charge is 2.32. The van der Waals surface area contributed by atoms with Crippen molar-refractivity contribution in [2.24, 2.45) is 4.99 Å². The van der Waals surface area contributed by atoms with Crippen LogP contribution in [0.3, 0.4) is 0 Å². The molecule has 1 amide bonds. The first kappa shape index (κ1) is 30.8. The molecule has 10 nitrogen and oxygen atoms in total. The zero-order valence-corrected chi connectivity index (χ0v) is 26.7. The molecule has 0 fully saturated rings. The van der Waals surface area contributed by atoms with Crippen LogP contribution < -0.4 is 20.2 Å². The minimum absolute atomic E-state index is 0.127. The van der Waals surface area contributed by atoms with Gasteiger partial charge in [-0.3, -0.25) is 24.3 Å². The standard InChI is InChI=1S/C34H28N6O4S2/c1-20(2)23-11-13-24(14-12-23)30-29(31(41)38-25-8-5-4-6-9-25)21(3)37-34-39(30)32(42)28(46-34)19-22-10-15-27(26(18-22)40(43)44)45-33-35-16-7-17-36-33/h4-20,30H,1-3H3,(H,38,41)/b28-19+/t30-/m0/s1. The monoisotopic (exact) mass is 648 g/mol. The lowest BCUT2D eigenvalue weighted by molar-refractivity contribution is -0.387. The van der Waals surface area contributed by atoms with Crippen LogP contribution in [-0.4, -0.2) is 25.4 Å². The lowest BCUT2D eigenvalue weighted by Gasteiger charge is -2.25. The van der Waals surface area contributed by atoms with Crippen molar-refractivity contribution >= 4 is 46.5 Å². The van der Waals surface area contributed by atoms with E-state index in [9.17, 15) is 19.7 Å². The largest absolute Gasteiger partial charge is 0.322 e. The maximum absolute atomic E-state index is 14.1. The van der Waals surface area contributed by atoms with Gasteiger partial charge in [0.15, 0.2) is 9.96 Å². The van der Waals surface area contributed by atoms with E-state index in [1.807, 2.05) is 42.5 Å². The minimum atomic E-state index is -0.734. The number of nitro groups is 1. The molecule has 2 aromatic heterocycles. The number of carbonyl (C=O) groups is 1. The van der Waals surface area contributed by atoms with Crippen molar-refractivity contribution in [3.05, 3.63) is 149 Å². The Balaban J connectivity index is 1.45. The van der Waals surface area contributed by atoms with E-state index in [-0.39, 0.29) is 17.2 Å². The van der Waals surface area contributed by atoms with Gasteiger partial charge in [0.25, 0.3) is 17.2 Å². The van der Waals surface area contributed by atoms with E-state index in [0.717, 1.165) is 22.9 Å². The predicted octanol–water partition coefficient (Wildman–Crippen LogP) is 5.85. The number of carbonyl (C=O) groups excluding carboxylic acids is 1. The summed E-state index contributed by atoms with van der Waals surface area (Å²) in [5, 5.41) is 15.3. The number of thiazole rings is 1. The maximum Gasteiger partial charge on any atom is 0.283 e. The van der Waals surface area contributed by atoms with Gasteiger partial charge in [0.2, 0.25) is 0 Å². The molecule has 3 heterocycles. The number of para-hydroxylation sites is 1. The number of anilines is 1. The van der Waals surface area contributed by atoms with Crippen LogP contribution in [0.4, 0.5) is 11.4 Å². The molecule has 0 radical (unpaired) electrons. The Labute approximate surface area is 272 Å². The molecular formula is C34H28N6O4S2. The van der Waals surface area contributed by atoms with Crippen molar-refractivity contribution in [1.29, 1.82) is 0 Å². The Morgan fingerprint density at radius 3 is 2.43 bits per heavy atom. The molecule has 0 saturated heterocycles. The maximum atomic E-state index is 14.1. The van der Waals surface area contributed by atoms with E-state index in [0.29, 0.717) is 47.8 Å². The Bertz CT molecular complexity index is 2160. The van der Waals surface area contributed by atoms with E-state index in [1.165, 1.54) is 17.4 Å². The average molecular weight is 649 g/mol. The number of amides is 1. The number of fused-ring (bicyclic) bond motifs is 1. The lowest BCUT2D eigenvalue weighted by atomic mass is 9.93. The number of benzene rings is 3. The molecule has 5 aromatic rings. The molecule has 0 aliphatic carbocycles. The molecule has 1 aliphatic heterocycles. The predicted molar refractivity (Wildman–Crippen MR) is 179 cm³/mol. The third-order valence-corrected chi connectivity index (χ3v) is 9.38. The smallest absolute Gasteiger partial charge is 0.283 e. The quantitative estimate of drug-likeness (QED) is 0.127. The summed E-state index contributed by atoms with van der Waals surface area (Å²) in [5.41, 5.74) is 3.39. The molecule has 46 heavy (non-hydrogen) atoms. The van der Waals surface area contributed by atoms with Gasteiger partial charge in [-0.2, -0.15) is 0 Å². The molecule has 0 spiro atoms. The van der Waals surface area contributed by atoms with Gasteiger partial charge in [-0.25, -0.2) is 15.0 Å². The Morgan fingerprint density at radius 2 is 1.76 bits per heavy atom. The minimum Gasteiger partial charge on any atom is -0.322 e. The van der Waals surface area contributed by atoms with Crippen molar-refractivity contribution in [2.75, 3.05) is 5.32 Å². The van der Waals surface area contributed by atoms with Crippen LogP contribution in [0.25, 0.3) is 6.08 Å². The molecule has 1 N–H and O–H groups in total. The van der Waals surface area contributed by atoms with Gasteiger partial charge in [-0.1, -0.05) is 73.7 Å². The Morgan fingerprint density at radius 1 is 1.04 bits per heavy atom. The number of aromatic nitrogens is 3. The van der Waals surface area contributed by atoms with Crippen LogP contribution in [0.15, 0.2) is 122 Å². The van der Waals surface area contributed by atoms with Gasteiger partial charge in [-0.05, 0) is 71.6 Å². The Kier molecular flexibility index (Phi) is 8.73. The van der Waals surface area contributed by atoms with Crippen molar-refractivity contribution in [1.82, 2.24) is 14.5 Å². The molecule has 1 aliphatic rings. The first-order chi connectivity index (χ1) is 22.2. The SMILES string of the molecule is CC1=C(C(=O)Nc2ccccc2)[C@H](c2ccc(C(C)C)cc2)n2c(s/c(=C/c3ccc(Sc4ncccn4)c([N+](=O)[O-])c3)c2=O)=N1. The number of nitro benzene ring substituents is 1. The van der Waals surface area contributed by atoms with Gasteiger partial charge in [0.05, 0.1) is 31.7 Å². The number of nitrogens with zero attached hydrogens (tertiary/aromatic N) is 5. The van der Waals surface area contributed by atoms with Crippen LogP contribution in [0.5, 0.6) is 0 Å². The topological polar surface area (TPSA) is 132 Å². The highest BCUT2D eigenvalue weighted by Crippen LogP contribution is 2.34. The van der Waals surface area contributed by atoms with Gasteiger partial charge in [-0.15, -0.1) is 0 Å². The van der Waals surface area contributed by atoms with Crippen LogP contribution in [0.1, 0.15) is 49.4 Å². The molecule has 1 atom stereocenters. The number of hydrogen-bond acceptors (Lipinski definition) is 9. The Hall–Kier alpha value is -5.20. The molecule has 0 saturated carbocycles. The van der Waals surface area contributed by atoms with Crippen molar-refractivity contribution in [3.8, 4) is 0 Å². The second-order valence-electron chi connectivity index (χ2n) is 10.8. The molecule has 12 heteroatoms. The fraction of sp³-hybridized carbons (Fsp3) is 0.147. The first-order valence-corrected chi connectivity index (χ1v) is 16.0. The average Bonchev–Trinajstić information content (AvgIpc) is 3.35. The number of hydrogen-bond donors (Lipinski definition) is 1. The zero-order valence-electron chi connectivity index (χ0n) is 25.1. The normalized spacial score (nSPS) is 14.6. The van der Waals surface area contributed by atoms with E-state index < -0.39 is 11.0 Å². The van der Waals surface area contributed by atoms with Crippen LogP contribution in [0, 0.1) is 10.1 Å². The molecule has 0 bridgehead atoms. The lowest BCUT2D eigenvalue weighted by Crippen LogP contribution is -2.40. The second-order valence-corrected chi connectivity index (χ2v) is 12.9. The van der Waals surface area contributed by atoms with Crippen LogP contribution in [0.2, 0.25) is 0 Å². The third kappa shape index (κ3) is 6.30. The van der Waals surface area contributed by atoms with E-state index in [2.05, 4.69) is 29.1 Å².